The second kappa shape index (κ2) is 10.2. The van der Waals surface area contributed by atoms with Crippen LogP contribution in [0.4, 0.5) is 11.4 Å². The molecule has 1 amide bonds. The van der Waals surface area contributed by atoms with Gasteiger partial charge < -0.3 is 24.1 Å². The first-order chi connectivity index (χ1) is 17.5. The van der Waals surface area contributed by atoms with Gasteiger partial charge >= 0.3 is 5.97 Å². The lowest BCUT2D eigenvalue weighted by Gasteiger charge is -2.28. The number of para-hydroxylation sites is 1. The van der Waals surface area contributed by atoms with Crippen LogP contribution in [0.1, 0.15) is 23.0 Å². The summed E-state index contributed by atoms with van der Waals surface area (Å²) in [5.74, 6) is 0.275. The van der Waals surface area contributed by atoms with E-state index in [0.29, 0.717) is 46.8 Å². The van der Waals surface area contributed by atoms with Gasteiger partial charge in [0, 0.05) is 29.9 Å². The van der Waals surface area contributed by atoms with Gasteiger partial charge in [-0.05, 0) is 62.4 Å². The quantitative estimate of drug-likeness (QED) is 0.391. The maximum atomic E-state index is 13.2. The Balaban J connectivity index is 1.29. The van der Waals surface area contributed by atoms with Gasteiger partial charge in [-0.1, -0.05) is 18.2 Å². The number of ether oxygens (including phenoxy) is 2. The molecule has 0 aliphatic carbocycles. The molecule has 8 nitrogen and oxygen atoms in total. The average molecular weight is 486 g/mol. The Morgan fingerprint density at radius 1 is 1.03 bits per heavy atom. The van der Waals surface area contributed by atoms with E-state index in [1.165, 1.54) is 0 Å². The van der Waals surface area contributed by atoms with Gasteiger partial charge in [0.1, 0.15) is 11.5 Å². The molecule has 4 aromatic rings. The molecule has 5 rings (SSSR count). The molecule has 2 aromatic carbocycles. The Morgan fingerprint density at radius 2 is 1.78 bits per heavy atom. The van der Waals surface area contributed by atoms with Crippen molar-refractivity contribution >= 4 is 34.2 Å². The third-order valence-electron chi connectivity index (χ3n) is 6.09. The number of benzene rings is 2. The molecule has 184 valence electrons. The third kappa shape index (κ3) is 5.08. The molecule has 1 atom stereocenters. The molecule has 0 unspecified atom stereocenters. The summed E-state index contributed by atoms with van der Waals surface area (Å²) in [6.07, 6.45) is -1.00. The highest BCUT2D eigenvalue weighted by Gasteiger charge is 2.22. The molecule has 0 radical (unpaired) electrons. The lowest BCUT2D eigenvalue weighted by Crippen LogP contribution is -2.36. The number of furan rings is 1. The summed E-state index contributed by atoms with van der Waals surface area (Å²) in [7, 11) is 0. The highest BCUT2D eigenvalue weighted by Crippen LogP contribution is 2.27. The fraction of sp³-hybridized carbons (Fsp3) is 0.250. The summed E-state index contributed by atoms with van der Waals surface area (Å²) < 4.78 is 16.7. The van der Waals surface area contributed by atoms with Crippen LogP contribution in [-0.2, 0) is 14.3 Å². The van der Waals surface area contributed by atoms with E-state index < -0.39 is 18.0 Å². The Kier molecular flexibility index (Phi) is 6.69. The van der Waals surface area contributed by atoms with Crippen LogP contribution in [0.5, 0.6) is 0 Å². The van der Waals surface area contributed by atoms with Crippen molar-refractivity contribution in [2.45, 2.75) is 20.0 Å². The molecule has 0 bridgehead atoms. The van der Waals surface area contributed by atoms with Crippen molar-refractivity contribution in [3.8, 4) is 11.5 Å². The van der Waals surface area contributed by atoms with Gasteiger partial charge in [-0.25, -0.2) is 9.78 Å². The second-order valence-electron chi connectivity index (χ2n) is 8.67. The summed E-state index contributed by atoms with van der Waals surface area (Å²) in [6.45, 7) is 6.48. The standard InChI is InChI=1S/C28H27N3O5/c1-18-7-12-26(35-18)25-17-23(22-5-3-4-6-24(22)30-25)28(33)36-19(2)27(32)29-20-8-10-21(11-9-20)31-13-15-34-16-14-31/h3-12,17,19H,13-16H2,1-2H3,(H,29,32)/t19-/m1/s1. The largest absolute Gasteiger partial charge is 0.460 e. The summed E-state index contributed by atoms with van der Waals surface area (Å²) in [5.41, 5.74) is 3.17. The molecular weight excluding hydrogens is 458 g/mol. The summed E-state index contributed by atoms with van der Waals surface area (Å²) in [6, 6.07) is 20.2. The summed E-state index contributed by atoms with van der Waals surface area (Å²) in [4.78, 5) is 32.8. The van der Waals surface area contributed by atoms with E-state index >= 15 is 0 Å². The van der Waals surface area contributed by atoms with E-state index in [9.17, 15) is 9.59 Å². The Hall–Kier alpha value is -4.17. The van der Waals surface area contributed by atoms with E-state index in [1.807, 2.05) is 61.5 Å². The predicted octanol–water partition coefficient (Wildman–Crippen LogP) is 4.82. The van der Waals surface area contributed by atoms with Gasteiger partial charge in [0.25, 0.3) is 5.91 Å². The van der Waals surface area contributed by atoms with Crippen molar-refractivity contribution in [1.82, 2.24) is 4.98 Å². The zero-order valence-electron chi connectivity index (χ0n) is 20.2. The second-order valence-corrected chi connectivity index (χ2v) is 8.67. The van der Waals surface area contributed by atoms with Crippen molar-refractivity contribution in [1.29, 1.82) is 0 Å². The zero-order chi connectivity index (χ0) is 25.1. The van der Waals surface area contributed by atoms with Gasteiger partial charge in [-0.15, -0.1) is 0 Å². The minimum atomic E-state index is -1.00. The van der Waals surface area contributed by atoms with Gasteiger partial charge in [0.2, 0.25) is 0 Å². The molecule has 36 heavy (non-hydrogen) atoms. The van der Waals surface area contributed by atoms with E-state index in [4.69, 9.17) is 13.9 Å². The number of carbonyl (C=O) groups excluding carboxylic acids is 2. The van der Waals surface area contributed by atoms with Crippen molar-refractivity contribution in [2.24, 2.45) is 0 Å². The van der Waals surface area contributed by atoms with Crippen LogP contribution in [0.2, 0.25) is 0 Å². The van der Waals surface area contributed by atoms with Crippen molar-refractivity contribution in [2.75, 3.05) is 36.5 Å². The maximum absolute atomic E-state index is 13.2. The van der Waals surface area contributed by atoms with Crippen LogP contribution in [-0.4, -0.2) is 49.3 Å². The molecule has 8 heteroatoms. The molecule has 2 aromatic heterocycles. The average Bonchev–Trinajstić information content (AvgIpc) is 3.35. The third-order valence-corrected chi connectivity index (χ3v) is 6.09. The maximum Gasteiger partial charge on any atom is 0.339 e. The molecule has 0 saturated carbocycles. The Labute approximate surface area is 208 Å². The first-order valence-electron chi connectivity index (χ1n) is 11.9. The van der Waals surface area contributed by atoms with Crippen LogP contribution in [0.15, 0.2) is 71.1 Å². The SMILES string of the molecule is Cc1ccc(-c2cc(C(=O)O[C@H](C)C(=O)Nc3ccc(N4CCOCC4)cc3)c3ccccc3n2)o1. The minimum absolute atomic E-state index is 0.319. The van der Waals surface area contributed by atoms with Crippen molar-refractivity contribution in [3.05, 3.63) is 78.1 Å². The summed E-state index contributed by atoms with van der Waals surface area (Å²) in [5, 5.41) is 3.46. The van der Waals surface area contributed by atoms with Crippen LogP contribution >= 0.6 is 0 Å². The van der Waals surface area contributed by atoms with Crippen molar-refractivity contribution < 1.29 is 23.5 Å². The number of hydrogen-bond donors (Lipinski definition) is 1. The minimum Gasteiger partial charge on any atom is -0.460 e. The Bertz CT molecular complexity index is 1390. The molecule has 1 saturated heterocycles. The molecular formula is C28H27N3O5. The number of carbonyl (C=O) groups is 2. The lowest BCUT2D eigenvalue weighted by atomic mass is 10.1. The molecule has 1 N–H and O–H groups in total. The number of anilines is 2. The van der Waals surface area contributed by atoms with E-state index in [1.54, 1.807) is 19.1 Å². The van der Waals surface area contributed by atoms with Gasteiger partial charge in [-0.2, -0.15) is 0 Å². The fourth-order valence-corrected chi connectivity index (χ4v) is 4.14. The molecule has 0 spiro atoms. The fourth-order valence-electron chi connectivity index (χ4n) is 4.14. The van der Waals surface area contributed by atoms with Crippen LogP contribution in [0.25, 0.3) is 22.4 Å². The number of morpholine rings is 1. The smallest absolute Gasteiger partial charge is 0.339 e. The lowest BCUT2D eigenvalue weighted by molar-refractivity contribution is -0.123. The molecule has 1 fully saturated rings. The normalized spacial score (nSPS) is 14.4. The number of rotatable bonds is 6. The first-order valence-corrected chi connectivity index (χ1v) is 11.9. The molecule has 1 aliphatic rings. The zero-order valence-corrected chi connectivity index (χ0v) is 20.2. The molecule has 3 heterocycles. The van der Waals surface area contributed by atoms with Gasteiger partial charge in [0.15, 0.2) is 11.9 Å². The highest BCUT2D eigenvalue weighted by molar-refractivity contribution is 6.05. The number of amides is 1. The number of aryl methyl sites for hydroxylation is 1. The summed E-state index contributed by atoms with van der Waals surface area (Å²) >= 11 is 0. The predicted molar refractivity (Wildman–Crippen MR) is 137 cm³/mol. The number of esters is 1. The van der Waals surface area contributed by atoms with Crippen LogP contribution in [0.3, 0.4) is 0 Å². The number of aromatic nitrogens is 1. The number of fused-ring (bicyclic) bond motifs is 1. The van der Waals surface area contributed by atoms with Gasteiger partial charge in [0.05, 0.1) is 24.3 Å². The Morgan fingerprint density at radius 3 is 2.50 bits per heavy atom. The number of nitrogens with zero attached hydrogens (tertiary/aromatic N) is 2. The number of nitrogens with one attached hydrogen (secondary N) is 1. The van der Waals surface area contributed by atoms with Gasteiger partial charge in [-0.3, -0.25) is 4.79 Å². The monoisotopic (exact) mass is 485 g/mol. The van der Waals surface area contributed by atoms with E-state index in [2.05, 4.69) is 15.2 Å². The topological polar surface area (TPSA) is 93.9 Å². The van der Waals surface area contributed by atoms with Crippen LogP contribution in [0, 0.1) is 6.92 Å². The van der Waals surface area contributed by atoms with Crippen molar-refractivity contribution in [3.63, 3.8) is 0 Å². The number of hydrogen-bond acceptors (Lipinski definition) is 7. The number of pyridine rings is 1. The molecule has 1 aliphatic heterocycles. The highest BCUT2D eigenvalue weighted by atomic mass is 16.5. The van der Waals surface area contributed by atoms with E-state index in [-0.39, 0.29) is 0 Å². The van der Waals surface area contributed by atoms with Crippen LogP contribution < -0.4 is 10.2 Å². The first kappa shape index (κ1) is 23.6. The van der Waals surface area contributed by atoms with E-state index in [0.717, 1.165) is 24.5 Å².